The van der Waals surface area contributed by atoms with Crippen molar-refractivity contribution < 1.29 is 4.42 Å². The maximum absolute atomic E-state index is 13.1. The van der Waals surface area contributed by atoms with E-state index >= 15 is 0 Å². The van der Waals surface area contributed by atoms with Gasteiger partial charge in [0.15, 0.2) is 0 Å². The number of hydrogen-bond acceptors (Lipinski definition) is 3. The van der Waals surface area contributed by atoms with Crippen molar-refractivity contribution in [2.75, 3.05) is 0 Å². The summed E-state index contributed by atoms with van der Waals surface area (Å²) in [6, 6.07) is 21.2. The molecule has 28 heavy (non-hydrogen) atoms. The van der Waals surface area contributed by atoms with E-state index in [1.165, 1.54) is 0 Å². The van der Waals surface area contributed by atoms with E-state index in [2.05, 4.69) is 0 Å². The molecule has 2 aromatic carbocycles. The Hall–Kier alpha value is -4.04. The van der Waals surface area contributed by atoms with Crippen LogP contribution in [0.3, 0.4) is 0 Å². The van der Waals surface area contributed by atoms with Crippen molar-refractivity contribution in [2.24, 2.45) is 7.05 Å². The first-order valence-corrected chi connectivity index (χ1v) is 8.85. The molecule has 5 aromatic rings. The molecular weight excluding hydrogens is 350 g/mol. The average molecular weight is 365 g/mol. The molecule has 5 rings (SSSR count). The number of rotatable bonds is 2. The highest BCUT2D eigenvalue weighted by Gasteiger charge is 2.17. The molecule has 0 aliphatic heterocycles. The van der Waals surface area contributed by atoms with Crippen LogP contribution >= 0.6 is 0 Å². The molecule has 0 saturated carbocycles. The quantitative estimate of drug-likeness (QED) is 0.459. The van der Waals surface area contributed by atoms with Crippen molar-refractivity contribution in [2.45, 2.75) is 0 Å². The zero-order chi connectivity index (χ0) is 19.3. The molecular formula is C23H15N3O2. The Morgan fingerprint density at radius 3 is 2.46 bits per heavy atom. The molecule has 5 nitrogen and oxygen atoms in total. The maximum Gasteiger partial charge on any atom is 0.273 e. The molecule has 0 radical (unpaired) electrons. The number of pyridine rings is 1. The summed E-state index contributed by atoms with van der Waals surface area (Å²) < 4.78 is 8.80. The van der Waals surface area contributed by atoms with Crippen LogP contribution in [0, 0.1) is 11.3 Å². The van der Waals surface area contributed by atoms with Crippen molar-refractivity contribution in [1.29, 1.82) is 5.26 Å². The third kappa shape index (κ3) is 2.22. The average Bonchev–Trinajstić information content (AvgIpc) is 3.36. The van der Waals surface area contributed by atoms with Crippen molar-refractivity contribution in [1.82, 2.24) is 9.13 Å². The van der Waals surface area contributed by atoms with E-state index in [0.29, 0.717) is 0 Å². The summed E-state index contributed by atoms with van der Waals surface area (Å²) in [5, 5.41) is 10.5. The molecule has 0 amide bonds. The highest BCUT2D eigenvalue weighted by atomic mass is 16.3. The lowest BCUT2D eigenvalue weighted by atomic mass is 10.1. The number of nitrogens with zero attached hydrogens (tertiary/aromatic N) is 3. The molecule has 3 aromatic heterocycles. The second kappa shape index (κ2) is 6.00. The molecule has 0 aliphatic rings. The lowest BCUT2D eigenvalue weighted by Gasteiger charge is -2.10. The molecule has 0 aliphatic carbocycles. The Labute approximate surface area is 160 Å². The van der Waals surface area contributed by atoms with Gasteiger partial charge in [0.2, 0.25) is 0 Å². The van der Waals surface area contributed by atoms with Crippen LogP contribution in [0.1, 0.15) is 5.56 Å². The highest BCUT2D eigenvalue weighted by Crippen LogP contribution is 2.30. The number of benzene rings is 2. The van der Waals surface area contributed by atoms with Gasteiger partial charge in [-0.3, -0.25) is 9.36 Å². The van der Waals surface area contributed by atoms with Gasteiger partial charge in [-0.25, -0.2) is 0 Å². The van der Waals surface area contributed by atoms with Crippen LogP contribution in [0.4, 0.5) is 0 Å². The second-order valence-electron chi connectivity index (χ2n) is 6.68. The molecule has 0 saturated heterocycles. The van der Waals surface area contributed by atoms with Gasteiger partial charge in [-0.2, -0.15) is 5.26 Å². The molecule has 5 heteroatoms. The van der Waals surface area contributed by atoms with E-state index in [1.54, 1.807) is 23.2 Å². The third-order valence-corrected chi connectivity index (χ3v) is 5.16. The summed E-state index contributed by atoms with van der Waals surface area (Å²) >= 11 is 0. The lowest BCUT2D eigenvalue weighted by molar-refractivity contribution is 0.568. The number of hydrogen-bond donors (Lipinski definition) is 0. The van der Waals surface area contributed by atoms with E-state index in [0.717, 1.165) is 38.8 Å². The standard InChI is InChI=1S/C23H15N3O2/c1-25-20-5-3-2-4-19(20)22-21(25)12-17(13-24)23(27)26(22)18-8-6-15(7-9-18)16-10-11-28-14-16/h2-12,14H,1H3. The lowest BCUT2D eigenvalue weighted by Crippen LogP contribution is -2.21. The number of para-hydroxylation sites is 1. The summed E-state index contributed by atoms with van der Waals surface area (Å²) in [6.07, 6.45) is 3.31. The molecule has 0 N–H and O–H groups in total. The number of furan rings is 1. The zero-order valence-corrected chi connectivity index (χ0v) is 15.1. The summed E-state index contributed by atoms with van der Waals surface area (Å²) in [7, 11) is 1.95. The molecule has 0 fully saturated rings. The summed E-state index contributed by atoms with van der Waals surface area (Å²) in [5.41, 5.74) is 5.15. The van der Waals surface area contributed by atoms with E-state index in [4.69, 9.17) is 4.42 Å². The predicted octanol–water partition coefficient (Wildman–Crippen LogP) is 4.61. The van der Waals surface area contributed by atoms with E-state index < -0.39 is 0 Å². The Bertz CT molecular complexity index is 1430. The topological polar surface area (TPSA) is 63.9 Å². The number of aromatic nitrogens is 2. The van der Waals surface area contributed by atoms with Gasteiger partial charge < -0.3 is 8.98 Å². The molecule has 0 unspecified atom stereocenters. The summed E-state index contributed by atoms with van der Waals surface area (Å²) in [4.78, 5) is 13.1. The molecule has 0 atom stereocenters. The Morgan fingerprint density at radius 2 is 1.75 bits per heavy atom. The number of aryl methyl sites for hydroxylation is 1. The van der Waals surface area contributed by atoms with Gasteiger partial charge in [0.25, 0.3) is 5.56 Å². The maximum atomic E-state index is 13.1. The molecule has 0 bridgehead atoms. The monoisotopic (exact) mass is 365 g/mol. The van der Waals surface area contributed by atoms with E-state index in [9.17, 15) is 10.1 Å². The van der Waals surface area contributed by atoms with E-state index in [-0.39, 0.29) is 11.1 Å². The molecule has 134 valence electrons. The van der Waals surface area contributed by atoms with Crippen LogP contribution in [0.2, 0.25) is 0 Å². The van der Waals surface area contributed by atoms with Crippen LogP contribution in [-0.4, -0.2) is 9.13 Å². The first-order valence-electron chi connectivity index (χ1n) is 8.85. The fourth-order valence-electron chi connectivity index (χ4n) is 3.77. The van der Waals surface area contributed by atoms with Crippen molar-refractivity contribution in [3.8, 4) is 22.9 Å². The Balaban J connectivity index is 1.86. The van der Waals surface area contributed by atoms with E-state index in [1.807, 2.05) is 72.3 Å². The van der Waals surface area contributed by atoms with Crippen molar-refractivity contribution in [3.05, 3.63) is 89.1 Å². The fourth-order valence-corrected chi connectivity index (χ4v) is 3.77. The van der Waals surface area contributed by atoms with Gasteiger partial charge in [0, 0.05) is 23.7 Å². The smallest absolute Gasteiger partial charge is 0.273 e. The van der Waals surface area contributed by atoms with Crippen LogP contribution in [-0.2, 0) is 7.05 Å². The van der Waals surface area contributed by atoms with Gasteiger partial charge in [-0.05, 0) is 35.9 Å². The first-order chi connectivity index (χ1) is 13.7. The van der Waals surface area contributed by atoms with Gasteiger partial charge in [0.05, 0.1) is 29.1 Å². The van der Waals surface area contributed by atoms with Gasteiger partial charge in [-0.15, -0.1) is 0 Å². The van der Waals surface area contributed by atoms with Crippen LogP contribution in [0.25, 0.3) is 38.8 Å². The Morgan fingerprint density at radius 1 is 0.964 bits per heavy atom. The normalized spacial score (nSPS) is 11.1. The fraction of sp³-hybridized carbons (Fsp3) is 0.0435. The summed E-state index contributed by atoms with van der Waals surface area (Å²) in [6.45, 7) is 0. The summed E-state index contributed by atoms with van der Waals surface area (Å²) in [5.74, 6) is 0. The molecule has 0 spiro atoms. The van der Waals surface area contributed by atoms with Crippen LogP contribution in [0.5, 0.6) is 0 Å². The zero-order valence-electron chi connectivity index (χ0n) is 15.1. The number of nitriles is 1. The van der Waals surface area contributed by atoms with Gasteiger partial charge >= 0.3 is 0 Å². The predicted molar refractivity (Wildman–Crippen MR) is 108 cm³/mol. The third-order valence-electron chi connectivity index (χ3n) is 5.16. The van der Waals surface area contributed by atoms with Gasteiger partial charge in [0.1, 0.15) is 11.6 Å². The van der Waals surface area contributed by atoms with Crippen LogP contribution in [0.15, 0.2) is 82.4 Å². The van der Waals surface area contributed by atoms with Crippen molar-refractivity contribution in [3.63, 3.8) is 0 Å². The first kappa shape index (κ1) is 16.2. The Kier molecular flexibility index (Phi) is 3.46. The number of fused-ring (bicyclic) bond motifs is 3. The minimum Gasteiger partial charge on any atom is -0.472 e. The second-order valence-corrected chi connectivity index (χ2v) is 6.68. The SMILES string of the molecule is Cn1c2ccccc2c2c1cc(C#N)c(=O)n2-c1ccc(-c2ccoc2)cc1. The minimum atomic E-state index is -0.317. The molecule has 3 heterocycles. The highest BCUT2D eigenvalue weighted by molar-refractivity contribution is 6.06. The largest absolute Gasteiger partial charge is 0.472 e. The van der Waals surface area contributed by atoms with Crippen molar-refractivity contribution >= 4 is 21.9 Å². The van der Waals surface area contributed by atoms with Crippen LogP contribution < -0.4 is 5.56 Å². The van der Waals surface area contributed by atoms with Gasteiger partial charge in [-0.1, -0.05) is 30.3 Å². The minimum absolute atomic E-state index is 0.123.